The molecule has 5 nitrogen and oxygen atoms in total. The molecule has 0 aliphatic rings. The number of rotatable bonds is 4. The highest BCUT2D eigenvalue weighted by atomic mass is 35.5. The lowest BCUT2D eigenvalue weighted by molar-refractivity contribution is 0.982. The van der Waals surface area contributed by atoms with Gasteiger partial charge in [0.15, 0.2) is 5.82 Å². The van der Waals surface area contributed by atoms with Crippen molar-refractivity contribution in [2.24, 2.45) is 0 Å². The van der Waals surface area contributed by atoms with Gasteiger partial charge in [0.2, 0.25) is 5.95 Å². The Kier molecular flexibility index (Phi) is 4.83. The molecule has 0 atom stereocenters. The quantitative estimate of drug-likeness (QED) is 0.663. The number of anilines is 4. The zero-order valence-corrected chi connectivity index (χ0v) is 14.7. The predicted octanol–water partition coefficient (Wildman–Crippen LogP) is 5.28. The maximum Gasteiger partial charge on any atom is 0.249 e. The number of aromatic nitrogens is 3. The summed E-state index contributed by atoms with van der Waals surface area (Å²) in [4.78, 5) is 4.41. The lowest BCUT2D eigenvalue weighted by Crippen LogP contribution is -2.04. The van der Waals surface area contributed by atoms with Crippen LogP contribution < -0.4 is 10.6 Å². The number of para-hydroxylation sites is 2. The monoisotopic (exact) mass is 359 g/mol. The maximum absolute atomic E-state index is 6.15. The molecule has 24 heavy (non-hydrogen) atoms. The van der Waals surface area contributed by atoms with Crippen molar-refractivity contribution in [3.63, 3.8) is 0 Å². The van der Waals surface area contributed by atoms with Crippen LogP contribution in [0.5, 0.6) is 0 Å². The van der Waals surface area contributed by atoms with Gasteiger partial charge in [-0.3, -0.25) is 0 Å². The number of benzene rings is 2. The van der Waals surface area contributed by atoms with Gasteiger partial charge in [-0.2, -0.15) is 10.1 Å². The van der Waals surface area contributed by atoms with Crippen molar-refractivity contribution in [2.45, 2.75) is 13.8 Å². The van der Waals surface area contributed by atoms with Gasteiger partial charge in [-0.25, -0.2) is 0 Å². The zero-order chi connectivity index (χ0) is 17.1. The fourth-order valence-corrected chi connectivity index (χ4v) is 2.78. The van der Waals surface area contributed by atoms with Gasteiger partial charge in [-0.05, 0) is 37.1 Å². The van der Waals surface area contributed by atoms with Crippen molar-refractivity contribution in [2.75, 3.05) is 10.6 Å². The second-order valence-electron chi connectivity index (χ2n) is 5.28. The van der Waals surface area contributed by atoms with Crippen LogP contribution in [0.3, 0.4) is 0 Å². The van der Waals surface area contributed by atoms with Crippen LogP contribution in [-0.4, -0.2) is 15.2 Å². The van der Waals surface area contributed by atoms with Crippen molar-refractivity contribution in [3.05, 3.63) is 63.8 Å². The zero-order valence-electron chi connectivity index (χ0n) is 13.1. The molecule has 1 heterocycles. The Labute approximate surface area is 150 Å². The van der Waals surface area contributed by atoms with E-state index in [0.717, 1.165) is 16.8 Å². The van der Waals surface area contributed by atoms with Crippen LogP contribution in [0.2, 0.25) is 10.0 Å². The molecular formula is C17H15Cl2N5. The fraction of sp³-hybridized carbons (Fsp3) is 0.118. The first-order valence-corrected chi connectivity index (χ1v) is 8.04. The Morgan fingerprint density at radius 1 is 0.833 bits per heavy atom. The van der Waals surface area contributed by atoms with E-state index < -0.39 is 0 Å². The molecule has 0 fully saturated rings. The van der Waals surface area contributed by atoms with Crippen LogP contribution in [-0.2, 0) is 0 Å². The number of nitrogens with zero attached hydrogens (tertiary/aromatic N) is 3. The highest BCUT2D eigenvalue weighted by Gasteiger charge is 2.09. The molecule has 2 N–H and O–H groups in total. The summed E-state index contributed by atoms with van der Waals surface area (Å²) in [5.74, 6) is 0.884. The van der Waals surface area contributed by atoms with Gasteiger partial charge in [0.05, 0.1) is 21.9 Å². The highest BCUT2D eigenvalue weighted by molar-refractivity contribution is 6.39. The van der Waals surface area contributed by atoms with E-state index in [1.54, 1.807) is 24.4 Å². The molecule has 0 aliphatic heterocycles. The summed E-state index contributed by atoms with van der Waals surface area (Å²) in [7, 11) is 0. The number of nitrogens with one attached hydrogen (secondary N) is 2. The molecule has 1 aromatic heterocycles. The minimum atomic E-state index is 0.307. The normalized spacial score (nSPS) is 10.5. The van der Waals surface area contributed by atoms with Crippen LogP contribution in [0.1, 0.15) is 11.1 Å². The number of aryl methyl sites for hydroxylation is 2. The van der Waals surface area contributed by atoms with E-state index >= 15 is 0 Å². The summed E-state index contributed by atoms with van der Waals surface area (Å²) in [6.45, 7) is 4.07. The Balaban J connectivity index is 1.87. The third kappa shape index (κ3) is 3.58. The van der Waals surface area contributed by atoms with Gasteiger partial charge < -0.3 is 10.6 Å². The lowest BCUT2D eigenvalue weighted by Gasteiger charge is -2.13. The number of hydrogen-bond donors (Lipinski definition) is 2. The van der Waals surface area contributed by atoms with Crippen LogP contribution in [0.4, 0.5) is 23.1 Å². The topological polar surface area (TPSA) is 62.7 Å². The standard InChI is InChI=1S/C17H15Cl2N5/c1-10-5-3-6-11(2)15(10)21-14-9-20-24-17(22-14)23-16-12(18)7-4-8-13(16)19/h3-9H,1-2H3,(H2,21,22,23,24). The third-order valence-corrected chi connectivity index (χ3v) is 4.12. The van der Waals surface area contributed by atoms with Crippen molar-refractivity contribution in [1.82, 2.24) is 15.2 Å². The van der Waals surface area contributed by atoms with Gasteiger partial charge in [-0.15, -0.1) is 5.10 Å². The molecule has 0 amide bonds. The predicted molar refractivity (Wildman–Crippen MR) is 98.8 cm³/mol. The summed E-state index contributed by atoms with van der Waals surface area (Å²) < 4.78 is 0. The molecule has 0 aliphatic carbocycles. The molecule has 3 rings (SSSR count). The minimum Gasteiger partial charge on any atom is -0.338 e. The van der Waals surface area contributed by atoms with E-state index in [1.807, 2.05) is 32.0 Å². The van der Waals surface area contributed by atoms with Gasteiger partial charge in [0, 0.05) is 5.69 Å². The van der Waals surface area contributed by atoms with Crippen LogP contribution in [0, 0.1) is 13.8 Å². The van der Waals surface area contributed by atoms with Gasteiger partial charge in [0.1, 0.15) is 0 Å². The first-order chi connectivity index (χ1) is 11.5. The third-order valence-electron chi connectivity index (χ3n) is 3.49. The molecule has 2 aromatic carbocycles. The van der Waals surface area contributed by atoms with E-state index in [2.05, 4.69) is 25.8 Å². The van der Waals surface area contributed by atoms with Gasteiger partial charge in [0.25, 0.3) is 0 Å². The number of hydrogen-bond acceptors (Lipinski definition) is 5. The second-order valence-corrected chi connectivity index (χ2v) is 6.09. The van der Waals surface area contributed by atoms with Crippen LogP contribution in [0.25, 0.3) is 0 Å². The largest absolute Gasteiger partial charge is 0.338 e. The molecule has 0 unspecified atom stereocenters. The molecule has 0 saturated heterocycles. The fourth-order valence-electron chi connectivity index (χ4n) is 2.29. The van der Waals surface area contributed by atoms with Crippen molar-refractivity contribution >= 4 is 46.3 Å². The summed E-state index contributed by atoms with van der Waals surface area (Å²) in [5.41, 5.74) is 3.79. The summed E-state index contributed by atoms with van der Waals surface area (Å²) in [6.07, 6.45) is 1.56. The van der Waals surface area contributed by atoms with E-state index in [0.29, 0.717) is 27.5 Å². The summed E-state index contributed by atoms with van der Waals surface area (Å²) in [6, 6.07) is 11.3. The highest BCUT2D eigenvalue weighted by Crippen LogP contribution is 2.31. The molecule has 0 spiro atoms. The Hall–Kier alpha value is -2.37. The van der Waals surface area contributed by atoms with Gasteiger partial charge in [-0.1, -0.05) is 47.5 Å². The summed E-state index contributed by atoms with van der Waals surface area (Å²) >= 11 is 12.3. The average Bonchev–Trinajstić information content (AvgIpc) is 2.55. The molecule has 0 radical (unpaired) electrons. The molecule has 7 heteroatoms. The molecular weight excluding hydrogens is 345 g/mol. The van der Waals surface area contributed by atoms with Crippen LogP contribution >= 0.6 is 23.2 Å². The molecule has 122 valence electrons. The molecule has 0 saturated carbocycles. The van der Waals surface area contributed by atoms with Crippen molar-refractivity contribution < 1.29 is 0 Å². The first kappa shape index (κ1) is 16.5. The Morgan fingerprint density at radius 2 is 1.46 bits per heavy atom. The Bertz CT molecular complexity index is 773. The van der Waals surface area contributed by atoms with Crippen LogP contribution in [0.15, 0.2) is 42.6 Å². The first-order valence-electron chi connectivity index (χ1n) is 7.28. The summed E-state index contributed by atoms with van der Waals surface area (Å²) in [5, 5.41) is 15.2. The smallest absolute Gasteiger partial charge is 0.249 e. The van der Waals surface area contributed by atoms with E-state index in [9.17, 15) is 0 Å². The van der Waals surface area contributed by atoms with E-state index in [1.165, 1.54) is 0 Å². The SMILES string of the molecule is Cc1cccc(C)c1Nc1cnnc(Nc2c(Cl)cccc2Cl)n1. The molecule has 3 aromatic rings. The van der Waals surface area contributed by atoms with E-state index in [4.69, 9.17) is 23.2 Å². The Morgan fingerprint density at radius 3 is 2.12 bits per heavy atom. The average molecular weight is 360 g/mol. The minimum absolute atomic E-state index is 0.307. The number of halogens is 2. The van der Waals surface area contributed by atoms with E-state index in [-0.39, 0.29) is 0 Å². The van der Waals surface area contributed by atoms with Gasteiger partial charge >= 0.3 is 0 Å². The molecule has 0 bridgehead atoms. The van der Waals surface area contributed by atoms with Crippen molar-refractivity contribution in [3.8, 4) is 0 Å². The second kappa shape index (κ2) is 7.03. The lowest BCUT2D eigenvalue weighted by atomic mass is 10.1. The maximum atomic E-state index is 6.15. The van der Waals surface area contributed by atoms with Crippen molar-refractivity contribution in [1.29, 1.82) is 0 Å².